The minimum Gasteiger partial charge on any atom is -0.394 e. The van der Waals surface area contributed by atoms with Gasteiger partial charge in [-0.3, -0.25) is 0 Å². The monoisotopic (exact) mass is 884 g/mol. The van der Waals surface area contributed by atoms with E-state index in [0.717, 1.165) is 51.6 Å². The summed E-state index contributed by atoms with van der Waals surface area (Å²) in [6.07, 6.45) is -12.0. The van der Waals surface area contributed by atoms with Crippen LogP contribution in [0.3, 0.4) is 0 Å². The number of aliphatic hydroxyl groups is 9. The molecule has 5 saturated heterocycles. The number of allylic oxidation sites excluding steroid dienone is 1. The first kappa shape index (κ1) is 46.2. The van der Waals surface area contributed by atoms with Crippen LogP contribution in [0, 0.1) is 46.3 Å². The van der Waals surface area contributed by atoms with Gasteiger partial charge >= 0.3 is 0 Å². The highest BCUT2D eigenvalue weighted by Gasteiger charge is 2.69. The molecule has 0 aromatic heterocycles. The first-order valence-electron chi connectivity index (χ1n) is 23.4. The van der Waals surface area contributed by atoms with E-state index in [9.17, 15) is 46.0 Å². The maximum Gasteiger partial charge on any atom is 0.187 e. The summed E-state index contributed by atoms with van der Waals surface area (Å²) in [5.74, 6) is 2.56. The number of ether oxygens (including phenoxy) is 8. The predicted molar refractivity (Wildman–Crippen MR) is 214 cm³/mol. The van der Waals surface area contributed by atoms with Crippen LogP contribution in [0.4, 0.5) is 0 Å². The third kappa shape index (κ3) is 7.49. The summed E-state index contributed by atoms with van der Waals surface area (Å²) in [6.45, 7) is 10.4. The SMILES string of the molecule is C[C@H]1CC[C@]2(OC1)O[C@@H]1C[C@@H]3[C@H]4CC=C5C[C@@H](O[C@H]6O[C@@H](CO)[C@H](O[C@H]7O[C@@H](CO)[C@H](O)[C@H](O)[C@@H]7O)[C@@H](O)[C@H]6O[C@H]6O[C@H](C)[C@@H](O)[C@H](O)[C@@H]6O)CC[C@]5(C)[C@@H]4CC[C@@]3(C)[C@@H]1[C@H]2C. The number of aliphatic hydroxyl groups excluding tert-OH is 9. The maximum absolute atomic E-state index is 12.0. The van der Waals surface area contributed by atoms with Crippen LogP contribution in [-0.4, -0.2) is 176 Å². The lowest BCUT2D eigenvalue weighted by Crippen LogP contribution is -2.67. The van der Waals surface area contributed by atoms with Crippen molar-refractivity contribution in [3.8, 4) is 0 Å². The molecular formula is C45H72O17. The van der Waals surface area contributed by atoms with E-state index in [1.807, 2.05) is 0 Å². The molecule has 9 aliphatic rings. The van der Waals surface area contributed by atoms with Crippen molar-refractivity contribution in [1.82, 2.24) is 0 Å². The van der Waals surface area contributed by atoms with Crippen LogP contribution in [0.1, 0.15) is 92.4 Å². The Balaban J connectivity index is 0.917. The van der Waals surface area contributed by atoms with Crippen LogP contribution >= 0.6 is 0 Å². The molecule has 1 spiro atoms. The van der Waals surface area contributed by atoms with Crippen molar-refractivity contribution in [2.24, 2.45) is 46.3 Å². The number of fused-ring (bicyclic) bond motifs is 7. The molecule has 5 aliphatic heterocycles. The summed E-state index contributed by atoms with van der Waals surface area (Å²) >= 11 is 0. The molecular weight excluding hydrogens is 812 g/mol. The Hall–Kier alpha value is -0.940. The van der Waals surface area contributed by atoms with Crippen molar-refractivity contribution in [2.45, 2.75) is 203 Å². The molecule has 0 bridgehead atoms. The van der Waals surface area contributed by atoms with Crippen molar-refractivity contribution < 1.29 is 83.9 Å². The molecule has 8 fully saturated rings. The van der Waals surface area contributed by atoms with Crippen molar-refractivity contribution in [2.75, 3.05) is 19.8 Å². The van der Waals surface area contributed by atoms with E-state index in [1.165, 1.54) is 12.5 Å². The molecule has 4 aliphatic carbocycles. The number of hydrogen-bond acceptors (Lipinski definition) is 17. The molecule has 17 nitrogen and oxygen atoms in total. The smallest absolute Gasteiger partial charge is 0.187 e. The molecule has 5 heterocycles. The molecule has 9 rings (SSSR count). The summed E-state index contributed by atoms with van der Waals surface area (Å²) in [5, 5.41) is 95.7. The summed E-state index contributed by atoms with van der Waals surface area (Å²) < 4.78 is 49.9. The van der Waals surface area contributed by atoms with Crippen LogP contribution in [-0.2, 0) is 37.9 Å². The van der Waals surface area contributed by atoms with E-state index in [-0.39, 0.29) is 23.0 Å². The second-order valence-electron chi connectivity index (χ2n) is 21.1. The Kier molecular flexibility index (Phi) is 12.9. The zero-order chi connectivity index (χ0) is 44.2. The molecule has 0 unspecified atom stereocenters. The molecule has 0 aromatic carbocycles. The topological polar surface area (TPSA) is 256 Å². The molecule has 3 saturated carbocycles. The lowest BCUT2D eigenvalue weighted by atomic mass is 9.47. The van der Waals surface area contributed by atoms with Crippen LogP contribution in [0.15, 0.2) is 11.6 Å². The van der Waals surface area contributed by atoms with E-state index in [0.29, 0.717) is 48.3 Å². The van der Waals surface area contributed by atoms with E-state index < -0.39 is 111 Å². The first-order chi connectivity index (χ1) is 29.4. The molecule has 354 valence electrons. The molecule has 17 heteroatoms. The quantitative estimate of drug-likeness (QED) is 0.148. The Bertz CT molecular complexity index is 1610. The minimum absolute atomic E-state index is 0.0356. The highest BCUT2D eigenvalue weighted by molar-refractivity contribution is 5.26. The second-order valence-corrected chi connectivity index (χ2v) is 21.1. The van der Waals surface area contributed by atoms with E-state index in [2.05, 4.69) is 33.8 Å². The summed E-state index contributed by atoms with van der Waals surface area (Å²) in [7, 11) is 0. The second kappa shape index (κ2) is 17.3. The van der Waals surface area contributed by atoms with Gasteiger partial charge < -0.3 is 83.9 Å². The molecule has 0 amide bonds. The van der Waals surface area contributed by atoms with E-state index in [4.69, 9.17) is 37.9 Å². The zero-order valence-corrected chi connectivity index (χ0v) is 36.6. The average Bonchev–Trinajstić information content (AvgIpc) is 3.70. The van der Waals surface area contributed by atoms with E-state index >= 15 is 0 Å². The largest absolute Gasteiger partial charge is 0.394 e. The van der Waals surface area contributed by atoms with Gasteiger partial charge in [0.05, 0.1) is 38.1 Å². The number of rotatable bonds is 8. The van der Waals surface area contributed by atoms with Crippen molar-refractivity contribution >= 4 is 0 Å². The molecule has 0 aromatic rings. The summed E-state index contributed by atoms with van der Waals surface area (Å²) in [5.41, 5.74) is 1.48. The third-order valence-electron chi connectivity index (χ3n) is 17.7. The molecule has 9 N–H and O–H groups in total. The van der Waals surface area contributed by atoms with Gasteiger partial charge in [0.15, 0.2) is 24.7 Å². The summed E-state index contributed by atoms with van der Waals surface area (Å²) in [4.78, 5) is 0. The fraction of sp³-hybridized carbons (Fsp3) is 0.956. The van der Waals surface area contributed by atoms with Gasteiger partial charge in [-0.15, -0.1) is 0 Å². The zero-order valence-electron chi connectivity index (χ0n) is 36.6. The third-order valence-corrected chi connectivity index (χ3v) is 17.7. The van der Waals surface area contributed by atoms with Crippen LogP contribution in [0.25, 0.3) is 0 Å². The standard InChI is InChI=1S/C45H72O17/c1-19-8-13-45(55-18-19)20(2)30-27(62-45)15-26-24-7-6-22-14-23(9-11-43(22,4)25(24)10-12-44(26,30)5)57-42-39(61-40-35(52)33(50)31(48)21(3)56-40)37(54)38(29(17-47)59-42)60-41-36(53)34(51)32(49)28(16-46)58-41/h6,19-21,23-42,46-54H,7-18H2,1-5H3/t19-,20+,21+,23-,24-,25+,26+,27+,28-,29-,30+,31+,32-,33-,34-,35-,36-,37+,38-,39+,40+,41+,42-,43-,44+,45-/m0/s1. The van der Waals surface area contributed by atoms with Gasteiger partial charge in [0.1, 0.15) is 67.1 Å². The minimum atomic E-state index is -1.82. The highest BCUT2D eigenvalue weighted by atomic mass is 16.8. The van der Waals surface area contributed by atoms with Gasteiger partial charge in [-0.25, -0.2) is 0 Å². The van der Waals surface area contributed by atoms with Crippen LogP contribution in [0.2, 0.25) is 0 Å². The summed E-state index contributed by atoms with van der Waals surface area (Å²) in [6, 6.07) is 0. The van der Waals surface area contributed by atoms with Gasteiger partial charge in [0.25, 0.3) is 0 Å². The van der Waals surface area contributed by atoms with E-state index in [1.54, 1.807) is 0 Å². The van der Waals surface area contributed by atoms with Crippen molar-refractivity contribution in [3.05, 3.63) is 11.6 Å². The Morgan fingerprint density at radius 3 is 2.05 bits per heavy atom. The fourth-order valence-corrected chi connectivity index (χ4v) is 14.0. The Morgan fingerprint density at radius 1 is 0.677 bits per heavy atom. The van der Waals surface area contributed by atoms with Crippen molar-refractivity contribution in [1.29, 1.82) is 0 Å². The normalized spacial score (nSPS) is 57.6. The van der Waals surface area contributed by atoms with Gasteiger partial charge in [-0.05, 0) is 98.7 Å². The lowest BCUT2D eigenvalue weighted by Gasteiger charge is -2.58. The fourth-order valence-electron chi connectivity index (χ4n) is 14.0. The van der Waals surface area contributed by atoms with Gasteiger partial charge in [0.2, 0.25) is 0 Å². The van der Waals surface area contributed by atoms with Gasteiger partial charge in [-0.2, -0.15) is 0 Å². The highest BCUT2D eigenvalue weighted by Crippen LogP contribution is 2.70. The van der Waals surface area contributed by atoms with Gasteiger partial charge in [-0.1, -0.05) is 39.3 Å². The molecule has 62 heavy (non-hydrogen) atoms. The Labute approximate surface area is 363 Å². The van der Waals surface area contributed by atoms with Crippen LogP contribution in [0.5, 0.6) is 0 Å². The molecule has 0 radical (unpaired) electrons. The Morgan fingerprint density at radius 2 is 1.35 bits per heavy atom. The van der Waals surface area contributed by atoms with Crippen molar-refractivity contribution in [3.63, 3.8) is 0 Å². The lowest BCUT2D eigenvalue weighted by molar-refractivity contribution is -0.389. The van der Waals surface area contributed by atoms with Crippen LogP contribution < -0.4 is 0 Å². The average molecular weight is 885 g/mol. The van der Waals surface area contributed by atoms with Gasteiger partial charge in [0, 0.05) is 12.3 Å². The molecule has 26 atom stereocenters. The maximum atomic E-state index is 12.0. The first-order valence-corrected chi connectivity index (χ1v) is 23.4. The number of hydrogen-bond donors (Lipinski definition) is 9. The predicted octanol–water partition coefficient (Wildman–Crippen LogP) is 0.214.